The van der Waals surface area contributed by atoms with Crippen molar-refractivity contribution in [2.75, 3.05) is 19.6 Å². The molecule has 0 saturated carbocycles. The van der Waals surface area contributed by atoms with Crippen LogP contribution in [-0.2, 0) is 11.2 Å². The van der Waals surface area contributed by atoms with Crippen molar-refractivity contribution in [2.24, 2.45) is 11.8 Å². The molecular formula is C20H33Cl2NO2. The van der Waals surface area contributed by atoms with Gasteiger partial charge in [0.1, 0.15) is 0 Å². The predicted molar refractivity (Wildman–Crippen MR) is 109 cm³/mol. The maximum Gasteiger partial charge on any atom is 0.306 e. The van der Waals surface area contributed by atoms with Crippen LogP contribution in [-0.4, -0.2) is 35.6 Å². The number of nitrogens with zero attached hydrogens (tertiary/aromatic N) is 1. The van der Waals surface area contributed by atoms with Crippen LogP contribution in [0.4, 0.5) is 0 Å². The van der Waals surface area contributed by atoms with Gasteiger partial charge in [0.15, 0.2) is 0 Å². The lowest BCUT2D eigenvalue weighted by Crippen LogP contribution is -2.38. The number of carboxylic acids is 1. The minimum Gasteiger partial charge on any atom is -0.481 e. The number of benzene rings is 1. The maximum absolute atomic E-state index is 11.5. The first-order chi connectivity index (χ1) is 11.2. The largest absolute Gasteiger partial charge is 0.481 e. The number of rotatable bonds is 9. The molecule has 0 radical (unpaired) electrons. The van der Waals surface area contributed by atoms with Crippen LogP contribution in [0, 0.1) is 11.8 Å². The van der Waals surface area contributed by atoms with Gasteiger partial charge < -0.3 is 10.0 Å². The lowest BCUT2D eigenvalue weighted by molar-refractivity contribution is -0.144. The molecule has 144 valence electrons. The summed E-state index contributed by atoms with van der Waals surface area (Å²) in [5, 5.41) is 9.47. The highest BCUT2D eigenvalue weighted by Gasteiger charge is 2.30. The number of aryl methyl sites for hydroxylation is 1. The maximum atomic E-state index is 11.5. The third-order valence-corrected chi connectivity index (χ3v) is 5.17. The van der Waals surface area contributed by atoms with E-state index in [4.69, 9.17) is 0 Å². The summed E-state index contributed by atoms with van der Waals surface area (Å²) in [5.41, 5.74) is 1.41. The van der Waals surface area contributed by atoms with Crippen molar-refractivity contribution in [3.8, 4) is 0 Å². The molecule has 1 N–H and O–H groups in total. The van der Waals surface area contributed by atoms with Crippen LogP contribution in [0.5, 0.6) is 0 Å². The van der Waals surface area contributed by atoms with E-state index in [1.165, 1.54) is 12.0 Å². The second-order valence-corrected chi connectivity index (χ2v) is 6.86. The number of piperidine rings is 1. The zero-order valence-electron chi connectivity index (χ0n) is 15.2. The topological polar surface area (TPSA) is 40.5 Å². The average Bonchev–Trinajstić information content (AvgIpc) is 2.57. The predicted octanol–water partition coefficient (Wildman–Crippen LogP) is 5.07. The van der Waals surface area contributed by atoms with Gasteiger partial charge in [0.2, 0.25) is 0 Å². The van der Waals surface area contributed by atoms with Gasteiger partial charge in [-0.05, 0) is 63.2 Å². The number of halogens is 2. The van der Waals surface area contributed by atoms with Gasteiger partial charge in [-0.2, -0.15) is 0 Å². The Morgan fingerprint density at radius 3 is 2.36 bits per heavy atom. The molecule has 2 rings (SSSR count). The van der Waals surface area contributed by atoms with E-state index in [0.717, 1.165) is 58.2 Å². The molecule has 1 fully saturated rings. The van der Waals surface area contributed by atoms with Gasteiger partial charge in [0, 0.05) is 0 Å². The van der Waals surface area contributed by atoms with E-state index in [1.807, 2.05) is 0 Å². The molecular weight excluding hydrogens is 357 g/mol. The van der Waals surface area contributed by atoms with E-state index in [-0.39, 0.29) is 30.7 Å². The van der Waals surface area contributed by atoms with Crippen molar-refractivity contribution < 1.29 is 9.90 Å². The normalized spacial score (nSPS) is 16.5. The van der Waals surface area contributed by atoms with Gasteiger partial charge in [-0.1, -0.05) is 50.1 Å². The molecule has 25 heavy (non-hydrogen) atoms. The molecule has 0 spiro atoms. The van der Waals surface area contributed by atoms with Crippen molar-refractivity contribution in [1.82, 2.24) is 4.90 Å². The summed E-state index contributed by atoms with van der Waals surface area (Å²) >= 11 is 0. The molecule has 5 heteroatoms. The lowest BCUT2D eigenvalue weighted by atomic mass is 9.81. The standard InChI is InChI=1S/C20H31NO2.2ClH/c1-2-3-11-19(20(22)23)18-12-15-21(16-13-18)14-7-10-17-8-5-4-6-9-17;;/h4-6,8-9,18-19H,2-3,7,10-16H2,1H3,(H,22,23);2*1H. The Morgan fingerprint density at radius 1 is 1.16 bits per heavy atom. The van der Waals surface area contributed by atoms with E-state index < -0.39 is 5.97 Å². The fourth-order valence-electron chi connectivity index (χ4n) is 3.72. The van der Waals surface area contributed by atoms with E-state index in [1.54, 1.807) is 0 Å². The summed E-state index contributed by atoms with van der Waals surface area (Å²) in [4.78, 5) is 14.0. The van der Waals surface area contributed by atoms with Crippen LogP contribution in [0.3, 0.4) is 0 Å². The highest BCUT2D eigenvalue weighted by molar-refractivity contribution is 5.85. The van der Waals surface area contributed by atoms with Crippen LogP contribution in [0.15, 0.2) is 30.3 Å². The molecule has 1 unspecified atom stereocenters. The number of hydrogen-bond donors (Lipinski definition) is 1. The fraction of sp³-hybridized carbons (Fsp3) is 0.650. The Kier molecular flexibility index (Phi) is 13.0. The van der Waals surface area contributed by atoms with Crippen LogP contribution in [0.1, 0.15) is 51.0 Å². The molecule has 1 aliphatic rings. The third-order valence-electron chi connectivity index (χ3n) is 5.17. The van der Waals surface area contributed by atoms with E-state index in [0.29, 0.717) is 5.92 Å². The summed E-state index contributed by atoms with van der Waals surface area (Å²) in [7, 11) is 0. The molecule has 0 aliphatic carbocycles. The number of hydrogen-bond acceptors (Lipinski definition) is 2. The summed E-state index contributed by atoms with van der Waals surface area (Å²) in [6, 6.07) is 10.6. The molecule has 1 atom stereocenters. The summed E-state index contributed by atoms with van der Waals surface area (Å²) < 4.78 is 0. The Hall–Kier alpha value is -0.770. The fourth-order valence-corrected chi connectivity index (χ4v) is 3.72. The minimum absolute atomic E-state index is 0. The Morgan fingerprint density at radius 2 is 1.80 bits per heavy atom. The van der Waals surface area contributed by atoms with Crippen LogP contribution < -0.4 is 0 Å². The number of carbonyl (C=O) groups is 1. The van der Waals surface area contributed by atoms with Gasteiger partial charge >= 0.3 is 5.97 Å². The SMILES string of the molecule is CCCCC(C(=O)O)C1CCN(CCCc2ccccc2)CC1.Cl.Cl. The second-order valence-electron chi connectivity index (χ2n) is 6.86. The molecule has 1 aromatic carbocycles. The molecule has 0 bridgehead atoms. The van der Waals surface area contributed by atoms with Gasteiger partial charge in [-0.25, -0.2) is 0 Å². The minimum atomic E-state index is -0.582. The summed E-state index contributed by atoms with van der Waals surface area (Å²) in [6.45, 7) is 5.40. The van der Waals surface area contributed by atoms with Crippen LogP contribution in [0.25, 0.3) is 0 Å². The van der Waals surface area contributed by atoms with Crippen molar-refractivity contribution in [3.63, 3.8) is 0 Å². The zero-order chi connectivity index (χ0) is 16.5. The van der Waals surface area contributed by atoms with E-state index >= 15 is 0 Å². The molecule has 1 aromatic rings. The number of likely N-dealkylation sites (tertiary alicyclic amines) is 1. The molecule has 0 aromatic heterocycles. The van der Waals surface area contributed by atoms with Gasteiger partial charge in [0.05, 0.1) is 5.92 Å². The van der Waals surface area contributed by atoms with Crippen molar-refractivity contribution in [1.29, 1.82) is 0 Å². The monoisotopic (exact) mass is 389 g/mol. The second kappa shape index (κ2) is 13.4. The number of unbranched alkanes of at least 4 members (excludes halogenated alkanes) is 1. The van der Waals surface area contributed by atoms with E-state index in [2.05, 4.69) is 42.2 Å². The molecule has 3 nitrogen and oxygen atoms in total. The summed E-state index contributed by atoms with van der Waals surface area (Å²) in [5.74, 6) is -0.327. The van der Waals surface area contributed by atoms with Crippen molar-refractivity contribution >= 4 is 30.8 Å². The Bertz CT molecular complexity index is 462. The van der Waals surface area contributed by atoms with Gasteiger partial charge in [-0.3, -0.25) is 4.79 Å². The molecule has 1 heterocycles. The third kappa shape index (κ3) is 8.44. The van der Waals surface area contributed by atoms with Gasteiger partial charge in [0.25, 0.3) is 0 Å². The highest BCUT2D eigenvalue weighted by Crippen LogP contribution is 2.29. The Balaban J connectivity index is 0.00000288. The average molecular weight is 390 g/mol. The highest BCUT2D eigenvalue weighted by atomic mass is 35.5. The first-order valence-corrected chi connectivity index (χ1v) is 9.19. The lowest BCUT2D eigenvalue weighted by Gasteiger charge is -2.34. The molecule has 1 saturated heterocycles. The molecule has 1 aliphatic heterocycles. The van der Waals surface area contributed by atoms with Crippen molar-refractivity contribution in [2.45, 2.75) is 51.9 Å². The quantitative estimate of drug-likeness (QED) is 0.640. The smallest absolute Gasteiger partial charge is 0.306 e. The molecule has 0 amide bonds. The van der Waals surface area contributed by atoms with E-state index in [9.17, 15) is 9.90 Å². The van der Waals surface area contributed by atoms with Crippen molar-refractivity contribution in [3.05, 3.63) is 35.9 Å². The van der Waals surface area contributed by atoms with Crippen LogP contribution >= 0.6 is 24.8 Å². The zero-order valence-corrected chi connectivity index (χ0v) is 16.9. The van der Waals surface area contributed by atoms with Gasteiger partial charge in [-0.15, -0.1) is 24.8 Å². The first kappa shape index (κ1) is 24.2. The Labute approximate surface area is 165 Å². The first-order valence-electron chi connectivity index (χ1n) is 9.19. The van der Waals surface area contributed by atoms with Crippen LogP contribution in [0.2, 0.25) is 0 Å². The number of aliphatic carboxylic acids is 1. The number of carboxylic acid groups (broad SMARTS) is 1. The summed E-state index contributed by atoms with van der Waals surface area (Å²) in [6.07, 6.45) is 7.39.